The van der Waals surface area contributed by atoms with Crippen LogP contribution in [0.1, 0.15) is 43.9 Å². The van der Waals surface area contributed by atoms with E-state index in [9.17, 15) is 22.8 Å². The van der Waals surface area contributed by atoms with Gasteiger partial charge < -0.3 is 4.74 Å². The molecule has 3 heterocycles. The Labute approximate surface area is 177 Å². The van der Waals surface area contributed by atoms with Gasteiger partial charge in [-0.05, 0) is 43.2 Å². The molecule has 0 bridgehead atoms. The van der Waals surface area contributed by atoms with Crippen LogP contribution >= 0.6 is 11.6 Å². The first-order chi connectivity index (χ1) is 14.3. The predicted octanol–water partition coefficient (Wildman–Crippen LogP) is 1.63. The van der Waals surface area contributed by atoms with E-state index in [0.717, 1.165) is 17.7 Å². The fourth-order valence-electron chi connectivity index (χ4n) is 3.40. The van der Waals surface area contributed by atoms with Gasteiger partial charge in [0.2, 0.25) is 0 Å². The van der Waals surface area contributed by atoms with E-state index in [1.807, 2.05) is 4.72 Å². The lowest BCUT2D eigenvalue weighted by Crippen LogP contribution is -2.36. The first-order valence-corrected chi connectivity index (χ1v) is 10.9. The summed E-state index contributed by atoms with van der Waals surface area (Å²) in [5.74, 6) is -1.97. The molecule has 30 heavy (non-hydrogen) atoms. The summed E-state index contributed by atoms with van der Waals surface area (Å²) in [5.41, 5.74) is 0.118. The van der Waals surface area contributed by atoms with Gasteiger partial charge in [0.25, 0.3) is 27.7 Å². The fourth-order valence-corrected chi connectivity index (χ4v) is 4.83. The van der Waals surface area contributed by atoms with E-state index in [4.69, 9.17) is 16.3 Å². The maximum absolute atomic E-state index is 12.7. The lowest BCUT2D eigenvalue weighted by Gasteiger charge is -2.17. The molecule has 3 amide bonds. The molecule has 2 aliphatic heterocycles. The zero-order chi connectivity index (χ0) is 21.5. The van der Waals surface area contributed by atoms with Crippen molar-refractivity contribution in [2.75, 3.05) is 13.2 Å². The molecule has 0 aliphatic carbocycles. The molecule has 0 spiro atoms. The summed E-state index contributed by atoms with van der Waals surface area (Å²) < 4.78 is 32.2. The Bertz CT molecular complexity index is 1160. The summed E-state index contributed by atoms with van der Waals surface area (Å²) in [5, 5.41) is -0.280. The van der Waals surface area contributed by atoms with Gasteiger partial charge in [0, 0.05) is 18.4 Å². The number of hydrogen-bond donors (Lipinski definition) is 1. The van der Waals surface area contributed by atoms with Crippen LogP contribution in [0.2, 0.25) is 5.15 Å². The number of benzene rings is 1. The molecule has 1 saturated heterocycles. The smallest absolute Gasteiger partial charge is 0.267 e. The Morgan fingerprint density at radius 2 is 2.00 bits per heavy atom. The number of ether oxygens (including phenoxy) is 1. The Hall–Kier alpha value is -2.82. The second-order valence-corrected chi connectivity index (χ2v) is 8.85. The standard InChI is InChI=1S/C19H16ClN3O6S/c20-16-15(4-1-7-21-16)30(27,28)22-17(24)11-5-6-13-14(9-11)19(26)23(18(13)25)10-12-3-2-8-29-12/h1,4-7,9,12H,2-3,8,10H2,(H,22,24)/t12-/m1/s1. The summed E-state index contributed by atoms with van der Waals surface area (Å²) in [4.78, 5) is 42.2. The van der Waals surface area contributed by atoms with Gasteiger partial charge in [-0.25, -0.2) is 18.1 Å². The zero-order valence-electron chi connectivity index (χ0n) is 15.5. The van der Waals surface area contributed by atoms with E-state index in [0.29, 0.717) is 6.61 Å². The molecule has 9 nitrogen and oxygen atoms in total. The third kappa shape index (κ3) is 3.69. The van der Waals surface area contributed by atoms with Crippen molar-refractivity contribution in [3.05, 3.63) is 58.4 Å². The van der Waals surface area contributed by atoms with Crippen LogP contribution in [0.5, 0.6) is 0 Å². The molecule has 2 aliphatic rings. The van der Waals surface area contributed by atoms with Crippen molar-refractivity contribution in [1.82, 2.24) is 14.6 Å². The number of pyridine rings is 1. The van der Waals surface area contributed by atoms with Crippen LogP contribution in [0, 0.1) is 0 Å². The minimum atomic E-state index is -4.28. The maximum atomic E-state index is 12.7. The van der Waals surface area contributed by atoms with Crippen LogP contribution in [-0.2, 0) is 14.8 Å². The van der Waals surface area contributed by atoms with E-state index < -0.39 is 27.7 Å². The quantitative estimate of drug-likeness (QED) is 0.543. The zero-order valence-corrected chi connectivity index (χ0v) is 17.1. The van der Waals surface area contributed by atoms with Crippen molar-refractivity contribution >= 4 is 39.3 Å². The lowest BCUT2D eigenvalue weighted by molar-refractivity contribution is 0.0475. The van der Waals surface area contributed by atoms with Crippen LogP contribution in [0.15, 0.2) is 41.4 Å². The molecular formula is C19H16ClN3O6S. The number of nitrogens with zero attached hydrogens (tertiary/aromatic N) is 2. The summed E-state index contributed by atoms with van der Waals surface area (Å²) in [6, 6.07) is 6.41. The number of nitrogens with one attached hydrogen (secondary N) is 1. The number of aromatic nitrogens is 1. The van der Waals surface area contributed by atoms with Crippen molar-refractivity contribution in [2.45, 2.75) is 23.8 Å². The topological polar surface area (TPSA) is 123 Å². The second-order valence-electron chi connectivity index (χ2n) is 6.84. The summed E-state index contributed by atoms with van der Waals surface area (Å²) in [6.45, 7) is 0.731. The molecule has 1 aromatic heterocycles. The maximum Gasteiger partial charge on any atom is 0.267 e. The second kappa shape index (κ2) is 7.78. The molecule has 1 atom stereocenters. The summed E-state index contributed by atoms with van der Waals surface area (Å²) in [6.07, 6.45) is 2.74. The number of hydrogen-bond acceptors (Lipinski definition) is 7. The first kappa shape index (κ1) is 20.5. The highest BCUT2D eigenvalue weighted by atomic mass is 35.5. The van der Waals surface area contributed by atoms with Gasteiger partial charge in [-0.15, -0.1) is 0 Å². The molecule has 1 aromatic carbocycles. The minimum Gasteiger partial charge on any atom is -0.376 e. The molecular weight excluding hydrogens is 434 g/mol. The van der Waals surface area contributed by atoms with Gasteiger partial charge in [-0.3, -0.25) is 19.3 Å². The number of halogens is 1. The highest BCUT2D eigenvalue weighted by molar-refractivity contribution is 7.90. The molecule has 0 radical (unpaired) electrons. The number of carbonyl (C=O) groups excluding carboxylic acids is 3. The molecule has 0 saturated carbocycles. The number of carbonyl (C=O) groups is 3. The molecule has 156 valence electrons. The SMILES string of the molecule is O=C(NS(=O)(=O)c1cccnc1Cl)c1ccc2c(c1)C(=O)N(C[C@H]1CCCO1)C2=O. The first-order valence-electron chi connectivity index (χ1n) is 9.07. The third-order valence-corrected chi connectivity index (χ3v) is 6.66. The van der Waals surface area contributed by atoms with E-state index in [1.54, 1.807) is 0 Å². The van der Waals surface area contributed by atoms with Gasteiger partial charge in [0.05, 0.1) is 23.8 Å². The summed E-state index contributed by atoms with van der Waals surface area (Å²) >= 11 is 5.80. The van der Waals surface area contributed by atoms with Crippen molar-refractivity contribution < 1.29 is 27.5 Å². The molecule has 4 rings (SSSR count). The average Bonchev–Trinajstić information content (AvgIpc) is 3.31. The van der Waals surface area contributed by atoms with Gasteiger partial charge >= 0.3 is 0 Å². The monoisotopic (exact) mass is 449 g/mol. The molecule has 11 heteroatoms. The van der Waals surface area contributed by atoms with E-state index in [-0.39, 0.29) is 39.4 Å². The van der Waals surface area contributed by atoms with E-state index in [1.165, 1.54) is 36.5 Å². The minimum absolute atomic E-state index is 0.0439. The Balaban J connectivity index is 1.56. The number of fused-ring (bicyclic) bond motifs is 1. The largest absolute Gasteiger partial charge is 0.376 e. The number of amides is 3. The molecule has 1 fully saturated rings. The van der Waals surface area contributed by atoms with Crippen molar-refractivity contribution in [3.63, 3.8) is 0 Å². The van der Waals surface area contributed by atoms with E-state index >= 15 is 0 Å². The Morgan fingerprint density at radius 1 is 1.23 bits per heavy atom. The number of rotatable bonds is 5. The van der Waals surface area contributed by atoms with Crippen LogP contribution in [0.4, 0.5) is 0 Å². The highest BCUT2D eigenvalue weighted by Crippen LogP contribution is 2.26. The van der Waals surface area contributed by atoms with E-state index in [2.05, 4.69) is 4.98 Å². The highest BCUT2D eigenvalue weighted by Gasteiger charge is 2.38. The number of imide groups is 1. The van der Waals surface area contributed by atoms with Crippen molar-refractivity contribution in [3.8, 4) is 0 Å². The van der Waals surface area contributed by atoms with Gasteiger partial charge in [-0.2, -0.15) is 0 Å². The third-order valence-electron chi connectivity index (χ3n) is 4.88. The average molecular weight is 450 g/mol. The van der Waals surface area contributed by atoms with Gasteiger partial charge in [0.15, 0.2) is 0 Å². The van der Waals surface area contributed by atoms with Crippen molar-refractivity contribution in [2.24, 2.45) is 0 Å². The van der Waals surface area contributed by atoms with Crippen molar-refractivity contribution in [1.29, 1.82) is 0 Å². The van der Waals surface area contributed by atoms with Crippen LogP contribution in [0.25, 0.3) is 0 Å². The van der Waals surface area contributed by atoms with Gasteiger partial charge in [0.1, 0.15) is 10.0 Å². The molecule has 1 N–H and O–H groups in total. The van der Waals surface area contributed by atoms with Gasteiger partial charge in [-0.1, -0.05) is 11.6 Å². The predicted molar refractivity (Wildman–Crippen MR) is 105 cm³/mol. The lowest BCUT2D eigenvalue weighted by atomic mass is 10.1. The summed E-state index contributed by atoms with van der Waals surface area (Å²) in [7, 11) is -4.28. The Kier molecular flexibility index (Phi) is 5.31. The number of sulfonamides is 1. The molecule has 0 unspecified atom stereocenters. The normalized spacial score (nSPS) is 18.6. The fraction of sp³-hybridized carbons (Fsp3) is 0.263. The Morgan fingerprint density at radius 3 is 2.70 bits per heavy atom. The van der Waals surface area contributed by atoms with Crippen LogP contribution in [0.3, 0.4) is 0 Å². The van der Waals surface area contributed by atoms with Crippen LogP contribution < -0.4 is 4.72 Å². The molecule has 2 aromatic rings. The van der Waals surface area contributed by atoms with Crippen LogP contribution in [-0.4, -0.2) is 55.3 Å².